The van der Waals surface area contributed by atoms with Crippen molar-refractivity contribution < 1.29 is 8.42 Å². The molecule has 106 valence electrons. The van der Waals surface area contributed by atoms with Gasteiger partial charge in [0.05, 0.1) is 0 Å². The average molecular weight is 357 g/mol. The van der Waals surface area contributed by atoms with E-state index in [0.29, 0.717) is 10.2 Å². The van der Waals surface area contributed by atoms with Crippen molar-refractivity contribution >= 4 is 37.5 Å². The van der Waals surface area contributed by atoms with Gasteiger partial charge in [0, 0.05) is 16.4 Å². The molecule has 1 aromatic heterocycles. The van der Waals surface area contributed by atoms with Crippen LogP contribution in [-0.2, 0) is 10.0 Å². The Morgan fingerprint density at radius 3 is 2.50 bits per heavy atom. The van der Waals surface area contributed by atoms with Crippen molar-refractivity contribution in [2.75, 3.05) is 10.1 Å². The van der Waals surface area contributed by atoms with E-state index >= 15 is 0 Å². The Labute approximate surface area is 125 Å². The fourth-order valence-electron chi connectivity index (χ4n) is 1.57. The Balaban J connectivity index is 2.40. The number of hydrogen-bond donors (Lipinski definition) is 3. The fraction of sp³-hybridized carbons (Fsp3) is 0.0833. The zero-order valence-electron chi connectivity index (χ0n) is 10.6. The molecule has 20 heavy (non-hydrogen) atoms. The van der Waals surface area contributed by atoms with Gasteiger partial charge < -0.3 is 5.43 Å². The summed E-state index contributed by atoms with van der Waals surface area (Å²) in [5.41, 5.74) is 3.79. The second-order valence-electron chi connectivity index (χ2n) is 4.12. The molecule has 0 aliphatic rings. The largest absolute Gasteiger partial charge is 0.307 e. The third kappa shape index (κ3) is 3.27. The number of halogens is 1. The number of hydrazine groups is 1. The second kappa shape index (κ2) is 5.78. The van der Waals surface area contributed by atoms with Crippen LogP contribution in [0.1, 0.15) is 5.56 Å². The average Bonchev–Trinajstić information content (AvgIpc) is 2.41. The highest BCUT2D eigenvalue weighted by Gasteiger charge is 2.20. The van der Waals surface area contributed by atoms with E-state index in [2.05, 4.69) is 31.1 Å². The van der Waals surface area contributed by atoms with Crippen molar-refractivity contribution in [1.82, 2.24) is 4.98 Å². The maximum absolute atomic E-state index is 12.4. The van der Waals surface area contributed by atoms with Gasteiger partial charge >= 0.3 is 0 Å². The van der Waals surface area contributed by atoms with Gasteiger partial charge in [0.2, 0.25) is 0 Å². The van der Waals surface area contributed by atoms with Crippen LogP contribution in [0.25, 0.3) is 0 Å². The van der Waals surface area contributed by atoms with Crippen LogP contribution in [0.5, 0.6) is 0 Å². The topological polar surface area (TPSA) is 97.1 Å². The predicted molar refractivity (Wildman–Crippen MR) is 81.7 cm³/mol. The number of anilines is 2. The molecule has 0 saturated carbocycles. The van der Waals surface area contributed by atoms with E-state index in [1.807, 2.05) is 19.1 Å². The van der Waals surface area contributed by atoms with Crippen LogP contribution in [0.2, 0.25) is 0 Å². The van der Waals surface area contributed by atoms with Gasteiger partial charge in [-0.25, -0.2) is 19.2 Å². The molecule has 2 rings (SSSR count). The number of nitrogens with one attached hydrogen (secondary N) is 2. The standard InChI is InChI=1S/C12H13BrN4O2S/c1-8-2-4-10(5-3-8)17-20(18,19)11-6-9(13)7-15-12(11)16-14/h2-7,17H,14H2,1H3,(H,15,16). The molecule has 0 bridgehead atoms. The van der Waals surface area contributed by atoms with Crippen molar-refractivity contribution in [3.8, 4) is 0 Å². The van der Waals surface area contributed by atoms with Crippen LogP contribution >= 0.6 is 15.9 Å². The molecule has 0 saturated heterocycles. The molecule has 0 atom stereocenters. The first-order valence-corrected chi connectivity index (χ1v) is 7.91. The Kier molecular flexibility index (Phi) is 4.26. The Hall–Kier alpha value is -1.64. The fourth-order valence-corrected chi connectivity index (χ4v) is 3.25. The van der Waals surface area contributed by atoms with Crippen LogP contribution in [0.4, 0.5) is 11.5 Å². The van der Waals surface area contributed by atoms with Gasteiger partial charge in [0.1, 0.15) is 4.90 Å². The summed E-state index contributed by atoms with van der Waals surface area (Å²) in [7, 11) is -3.78. The van der Waals surface area contributed by atoms with Gasteiger partial charge in [0.15, 0.2) is 5.82 Å². The van der Waals surface area contributed by atoms with E-state index in [9.17, 15) is 8.42 Å². The summed E-state index contributed by atoms with van der Waals surface area (Å²) in [4.78, 5) is 3.88. The highest BCUT2D eigenvalue weighted by molar-refractivity contribution is 9.10. The number of rotatable bonds is 4. The van der Waals surface area contributed by atoms with Crippen molar-refractivity contribution in [3.05, 3.63) is 46.6 Å². The molecular formula is C12H13BrN4O2S. The first-order valence-electron chi connectivity index (χ1n) is 5.64. The monoisotopic (exact) mass is 356 g/mol. The summed E-state index contributed by atoms with van der Waals surface area (Å²) in [6.07, 6.45) is 1.46. The minimum Gasteiger partial charge on any atom is -0.307 e. The summed E-state index contributed by atoms with van der Waals surface area (Å²) in [6, 6.07) is 8.44. The lowest BCUT2D eigenvalue weighted by Crippen LogP contribution is -2.18. The smallest absolute Gasteiger partial charge is 0.265 e. The zero-order chi connectivity index (χ0) is 14.8. The number of nitrogen functional groups attached to an aromatic ring is 1. The van der Waals surface area contributed by atoms with Gasteiger partial charge in [-0.1, -0.05) is 17.7 Å². The van der Waals surface area contributed by atoms with Crippen LogP contribution in [-0.4, -0.2) is 13.4 Å². The zero-order valence-corrected chi connectivity index (χ0v) is 13.0. The maximum atomic E-state index is 12.4. The number of pyridine rings is 1. The third-order valence-electron chi connectivity index (χ3n) is 2.55. The number of benzene rings is 1. The summed E-state index contributed by atoms with van der Waals surface area (Å²) < 4.78 is 27.7. The van der Waals surface area contributed by atoms with Crippen molar-refractivity contribution in [3.63, 3.8) is 0 Å². The van der Waals surface area contributed by atoms with E-state index in [0.717, 1.165) is 5.56 Å². The highest BCUT2D eigenvalue weighted by atomic mass is 79.9. The normalized spacial score (nSPS) is 11.2. The Morgan fingerprint density at radius 1 is 1.25 bits per heavy atom. The number of hydrogen-bond acceptors (Lipinski definition) is 5. The second-order valence-corrected chi connectivity index (χ2v) is 6.68. The van der Waals surface area contributed by atoms with Crippen molar-refractivity contribution in [2.45, 2.75) is 11.8 Å². The molecule has 0 fully saturated rings. The molecule has 1 heterocycles. The first kappa shape index (κ1) is 14.8. The molecule has 8 heteroatoms. The lowest BCUT2D eigenvalue weighted by atomic mass is 10.2. The SMILES string of the molecule is Cc1ccc(NS(=O)(=O)c2cc(Br)cnc2NN)cc1. The lowest BCUT2D eigenvalue weighted by molar-refractivity contribution is 0.601. The molecule has 4 N–H and O–H groups in total. The quantitative estimate of drug-likeness (QED) is 0.576. The Bertz CT molecular complexity index is 717. The highest BCUT2D eigenvalue weighted by Crippen LogP contribution is 2.24. The summed E-state index contributed by atoms with van der Waals surface area (Å²) >= 11 is 3.19. The van der Waals surface area contributed by atoms with E-state index in [-0.39, 0.29) is 10.7 Å². The van der Waals surface area contributed by atoms with Crippen LogP contribution < -0.4 is 16.0 Å². The number of nitrogens with two attached hydrogens (primary N) is 1. The third-order valence-corrected chi connectivity index (χ3v) is 4.38. The molecule has 0 unspecified atom stereocenters. The van der Waals surface area contributed by atoms with Crippen molar-refractivity contribution in [2.24, 2.45) is 5.84 Å². The molecule has 0 amide bonds. The van der Waals surface area contributed by atoms with Crippen LogP contribution in [0.3, 0.4) is 0 Å². The number of aromatic nitrogens is 1. The van der Waals surface area contributed by atoms with Gasteiger partial charge in [-0.2, -0.15) is 0 Å². The van der Waals surface area contributed by atoms with Gasteiger partial charge in [-0.15, -0.1) is 0 Å². The summed E-state index contributed by atoms with van der Waals surface area (Å²) in [5.74, 6) is 5.37. The maximum Gasteiger partial charge on any atom is 0.265 e. The molecular weight excluding hydrogens is 344 g/mol. The van der Waals surface area contributed by atoms with E-state index in [4.69, 9.17) is 5.84 Å². The van der Waals surface area contributed by atoms with Gasteiger partial charge in [-0.05, 0) is 41.1 Å². The van der Waals surface area contributed by atoms with Gasteiger partial charge in [0.25, 0.3) is 10.0 Å². The predicted octanol–water partition coefficient (Wildman–Crippen LogP) is 2.24. The lowest BCUT2D eigenvalue weighted by Gasteiger charge is -2.11. The molecule has 0 aliphatic carbocycles. The summed E-state index contributed by atoms with van der Waals surface area (Å²) in [5, 5.41) is 0. The molecule has 6 nitrogen and oxygen atoms in total. The molecule has 0 spiro atoms. The molecule has 1 aromatic carbocycles. The van der Waals surface area contributed by atoms with E-state index < -0.39 is 10.0 Å². The van der Waals surface area contributed by atoms with Crippen LogP contribution in [0.15, 0.2) is 45.9 Å². The number of nitrogens with zero attached hydrogens (tertiary/aromatic N) is 1. The number of sulfonamides is 1. The Morgan fingerprint density at radius 2 is 1.90 bits per heavy atom. The first-order chi connectivity index (χ1) is 9.42. The number of aryl methyl sites for hydroxylation is 1. The molecule has 0 aliphatic heterocycles. The van der Waals surface area contributed by atoms with Crippen LogP contribution in [0, 0.1) is 6.92 Å². The van der Waals surface area contributed by atoms with Gasteiger partial charge in [-0.3, -0.25) is 4.72 Å². The van der Waals surface area contributed by atoms with E-state index in [1.54, 1.807) is 12.1 Å². The molecule has 2 aromatic rings. The minimum atomic E-state index is -3.78. The minimum absolute atomic E-state index is 0.0325. The van der Waals surface area contributed by atoms with E-state index in [1.165, 1.54) is 12.3 Å². The summed E-state index contributed by atoms with van der Waals surface area (Å²) in [6.45, 7) is 1.92. The molecule has 0 radical (unpaired) electrons. The van der Waals surface area contributed by atoms with Crippen molar-refractivity contribution in [1.29, 1.82) is 0 Å².